The summed E-state index contributed by atoms with van der Waals surface area (Å²) in [7, 11) is 0. The van der Waals surface area contributed by atoms with Crippen molar-refractivity contribution in [3.05, 3.63) is 47.7 Å². The van der Waals surface area contributed by atoms with E-state index in [0.717, 1.165) is 43.4 Å². The Morgan fingerprint density at radius 3 is 2.57 bits per heavy atom. The molecule has 1 aromatic carbocycles. The summed E-state index contributed by atoms with van der Waals surface area (Å²) < 4.78 is 4.91. The fourth-order valence-electron chi connectivity index (χ4n) is 3.40. The number of hydrogen-bond donors (Lipinski definition) is 0. The molecule has 0 saturated carbocycles. The summed E-state index contributed by atoms with van der Waals surface area (Å²) in [6.45, 7) is 2.93. The van der Waals surface area contributed by atoms with Crippen molar-refractivity contribution in [3.8, 4) is 0 Å². The number of likely N-dealkylation sites (tertiary alicyclic amines) is 1. The molecule has 1 amide bonds. The Bertz CT molecular complexity index is 681. The smallest absolute Gasteiger partial charge is 0.305 e. The fraction of sp³-hybridized carbons (Fsp3) is 0.522. The molecule has 0 N–H and O–H groups in total. The van der Waals surface area contributed by atoms with Crippen molar-refractivity contribution in [1.82, 2.24) is 4.90 Å². The minimum atomic E-state index is -0.136. The van der Waals surface area contributed by atoms with E-state index in [2.05, 4.69) is 0 Å². The van der Waals surface area contributed by atoms with Gasteiger partial charge in [0.1, 0.15) is 5.78 Å². The van der Waals surface area contributed by atoms with Gasteiger partial charge in [-0.25, -0.2) is 0 Å². The maximum absolute atomic E-state index is 12.2. The van der Waals surface area contributed by atoms with Gasteiger partial charge in [-0.15, -0.1) is 0 Å². The van der Waals surface area contributed by atoms with Crippen molar-refractivity contribution in [3.63, 3.8) is 0 Å². The third kappa shape index (κ3) is 7.67. The molecular formula is C23H31NO4. The Balaban J connectivity index is 1.70. The number of hydrogen-bond acceptors (Lipinski definition) is 4. The van der Waals surface area contributed by atoms with Crippen LogP contribution in [0.25, 0.3) is 0 Å². The second-order valence-corrected chi connectivity index (χ2v) is 7.12. The fourth-order valence-corrected chi connectivity index (χ4v) is 3.40. The Hall–Kier alpha value is -2.43. The summed E-state index contributed by atoms with van der Waals surface area (Å²) in [6, 6.07) is 9.72. The van der Waals surface area contributed by atoms with Crippen LogP contribution in [0.3, 0.4) is 0 Å². The van der Waals surface area contributed by atoms with Crippen molar-refractivity contribution >= 4 is 17.7 Å². The molecule has 152 valence electrons. The van der Waals surface area contributed by atoms with Gasteiger partial charge in [-0.2, -0.15) is 0 Å². The highest BCUT2D eigenvalue weighted by molar-refractivity contribution is 5.84. The summed E-state index contributed by atoms with van der Waals surface area (Å²) in [5.74, 6) is 0.174. The molecule has 2 rings (SSSR count). The zero-order chi connectivity index (χ0) is 20.2. The molecule has 0 aliphatic carbocycles. The average molecular weight is 386 g/mol. The SMILES string of the molecule is CCOC(=O)CCCCCCN1C(=O)CCC1=CCC(=O)Cc1ccccc1. The van der Waals surface area contributed by atoms with Crippen LogP contribution in [0.5, 0.6) is 0 Å². The van der Waals surface area contributed by atoms with Crippen LogP contribution in [0.2, 0.25) is 0 Å². The van der Waals surface area contributed by atoms with Crippen LogP contribution in [0.15, 0.2) is 42.1 Å². The van der Waals surface area contributed by atoms with Gasteiger partial charge in [-0.3, -0.25) is 14.4 Å². The number of carbonyl (C=O) groups excluding carboxylic acids is 3. The molecule has 1 aromatic rings. The van der Waals surface area contributed by atoms with E-state index in [-0.39, 0.29) is 17.7 Å². The minimum Gasteiger partial charge on any atom is -0.466 e. The van der Waals surface area contributed by atoms with Crippen molar-refractivity contribution in [2.45, 2.75) is 64.7 Å². The number of Topliss-reactive ketones (excluding diaryl/α,β-unsaturated/α-hetero) is 1. The highest BCUT2D eigenvalue weighted by Gasteiger charge is 2.24. The zero-order valence-corrected chi connectivity index (χ0v) is 16.8. The van der Waals surface area contributed by atoms with Crippen LogP contribution in [-0.4, -0.2) is 35.7 Å². The Kier molecular flexibility index (Phi) is 9.46. The van der Waals surface area contributed by atoms with Crippen molar-refractivity contribution in [2.75, 3.05) is 13.2 Å². The number of amides is 1. The Morgan fingerprint density at radius 1 is 1.07 bits per heavy atom. The van der Waals surface area contributed by atoms with Gasteiger partial charge in [0.05, 0.1) is 6.61 Å². The molecule has 1 aliphatic rings. The van der Waals surface area contributed by atoms with Crippen molar-refractivity contribution < 1.29 is 19.1 Å². The first-order valence-electron chi connectivity index (χ1n) is 10.3. The second kappa shape index (κ2) is 12.1. The molecule has 28 heavy (non-hydrogen) atoms. The highest BCUT2D eigenvalue weighted by atomic mass is 16.5. The average Bonchev–Trinajstić information content (AvgIpc) is 3.03. The van der Waals surface area contributed by atoms with Gasteiger partial charge in [0.2, 0.25) is 5.91 Å². The number of esters is 1. The molecule has 0 unspecified atom stereocenters. The van der Waals surface area contributed by atoms with E-state index >= 15 is 0 Å². The molecule has 0 atom stereocenters. The topological polar surface area (TPSA) is 63.7 Å². The van der Waals surface area contributed by atoms with E-state index in [1.165, 1.54) is 0 Å². The lowest BCUT2D eigenvalue weighted by atomic mass is 10.1. The molecule has 1 heterocycles. The number of ketones is 1. The molecule has 0 aromatic heterocycles. The third-order valence-corrected chi connectivity index (χ3v) is 4.87. The van der Waals surface area contributed by atoms with Gasteiger partial charge < -0.3 is 9.64 Å². The summed E-state index contributed by atoms with van der Waals surface area (Å²) >= 11 is 0. The molecule has 1 aliphatic heterocycles. The number of benzene rings is 1. The van der Waals surface area contributed by atoms with Gasteiger partial charge in [0, 0.05) is 37.9 Å². The lowest BCUT2D eigenvalue weighted by Crippen LogP contribution is -2.24. The van der Waals surface area contributed by atoms with E-state index in [0.29, 0.717) is 38.8 Å². The van der Waals surface area contributed by atoms with Gasteiger partial charge in [0.15, 0.2) is 0 Å². The molecule has 1 fully saturated rings. The molecule has 5 heteroatoms. The number of allylic oxidation sites excluding steroid dienone is 2. The third-order valence-electron chi connectivity index (χ3n) is 4.87. The van der Waals surface area contributed by atoms with Gasteiger partial charge in [-0.05, 0) is 31.7 Å². The normalized spacial score (nSPS) is 15.2. The van der Waals surface area contributed by atoms with Crippen LogP contribution >= 0.6 is 0 Å². The second-order valence-electron chi connectivity index (χ2n) is 7.12. The Labute approximate surface area is 167 Å². The largest absolute Gasteiger partial charge is 0.466 e. The number of nitrogens with zero attached hydrogens (tertiary/aromatic N) is 1. The number of carbonyl (C=O) groups is 3. The number of unbranched alkanes of at least 4 members (excludes halogenated alkanes) is 3. The summed E-state index contributed by atoms with van der Waals surface area (Å²) in [5, 5.41) is 0. The molecule has 0 radical (unpaired) electrons. The van der Waals surface area contributed by atoms with E-state index in [9.17, 15) is 14.4 Å². The molecule has 5 nitrogen and oxygen atoms in total. The first-order valence-corrected chi connectivity index (χ1v) is 10.3. The van der Waals surface area contributed by atoms with E-state index in [4.69, 9.17) is 4.74 Å². The van der Waals surface area contributed by atoms with Crippen LogP contribution in [0.4, 0.5) is 0 Å². The predicted octanol–water partition coefficient (Wildman–Crippen LogP) is 4.21. The number of ether oxygens (including phenoxy) is 1. The minimum absolute atomic E-state index is 0.136. The summed E-state index contributed by atoms with van der Waals surface area (Å²) in [6.07, 6.45) is 8.10. The monoisotopic (exact) mass is 385 g/mol. The Morgan fingerprint density at radius 2 is 1.82 bits per heavy atom. The first kappa shape index (κ1) is 21.9. The molecule has 0 spiro atoms. The lowest BCUT2D eigenvalue weighted by Gasteiger charge is -2.18. The van der Waals surface area contributed by atoms with Gasteiger partial charge >= 0.3 is 5.97 Å². The molecular weight excluding hydrogens is 354 g/mol. The summed E-state index contributed by atoms with van der Waals surface area (Å²) in [4.78, 5) is 37.5. The van der Waals surface area contributed by atoms with Crippen molar-refractivity contribution in [1.29, 1.82) is 0 Å². The maximum Gasteiger partial charge on any atom is 0.305 e. The lowest BCUT2D eigenvalue weighted by molar-refractivity contribution is -0.143. The van der Waals surface area contributed by atoms with Crippen molar-refractivity contribution in [2.24, 2.45) is 0 Å². The number of rotatable bonds is 12. The van der Waals surface area contributed by atoms with Crippen LogP contribution in [0.1, 0.15) is 63.9 Å². The first-order chi connectivity index (χ1) is 13.6. The van der Waals surface area contributed by atoms with Crippen LogP contribution < -0.4 is 0 Å². The van der Waals surface area contributed by atoms with E-state index in [1.807, 2.05) is 48.2 Å². The van der Waals surface area contributed by atoms with Crippen LogP contribution in [-0.2, 0) is 25.5 Å². The standard InChI is InChI=1S/C23H31NO4/c1-2-28-23(27)12-8-3-4-9-17-24-20(14-16-22(24)26)13-15-21(25)18-19-10-6-5-7-11-19/h5-7,10-11,13H,2-4,8-9,12,14-18H2,1H3. The quantitative estimate of drug-likeness (QED) is 0.399. The zero-order valence-electron chi connectivity index (χ0n) is 16.8. The maximum atomic E-state index is 12.2. The summed E-state index contributed by atoms with van der Waals surface area (Å²) in [5.41, 5.74) is 2.01. The predicted molar refractivity (Wildman–Crippen MR) is 109 cm³/mol. The van der Waals surface area contributed by atoms with Crippen LogP contribution in [0, 0.1) is 0 Å². The van der Waals surface area contributed by atoms with Gasteiger partial charge in [0.25, 0.3) is 0 Å². The van der Waals surface area contributed by atoms with Gasteiger partial charge in [-0.1, -0.05) is 49.2 Å². The molecule has 0 bridgehead atoms. The highest BCUT2D eigenvalue weighted by Crippen LogP contribution is 2.24. The van der Waals surface area contributed by atoms with E-state index < -0.39 is 0 Å². The van der Waals surface area contributed by atoms with E-state index in [1.54, 1.807) is 0 Å². The molecule has 1 saturated heterocycles.